The lowest BCUT2D eigenvalue weighted by Crippen LogP contribution is -2.48. The minimum absolute atomic E-state index is 0.0747. The van der Waals surface area contributed by atoms with Crippen molar-refractivity contribution in [1.82, 2.24) is 5.32 Å². The second kappa shape index (κ2) is 5.05. The maximum absolute atomic E-state index is 5.76. The first-order chi connectivity index (χ1) is 7.57. The van der Waals surface area contributed by atoms with Crippen molar-refractivity contribution in [3.05, 3.63) is 0 Å². The molecule has 0 spiro atoms. The summed E-state index contributed by atoms with van der Waals surface area (Å²) in [5.74, 6) is 0.922. The topological polar surface area (TPSA) is 21.3 Å². The average Bonchev–Trinajstić information content (AvgIpc) is 2.68. The van der Waals surface area contributed by atoms with Gasteiger partial charge in [-0.25, -0.2) is 0 Å². The van der Waals surface area contributed by atoms with E-state index in [-0.39, 0.29) is 5.60 Å². The monoisotopic (exact) mass is 225 g/mol. The van der Waals surface area contributed by atoms with Gasteiger partial charge in [-0.3, -0.25) is 0 Å². The lowest BCUT2D eigenvalue weighted by Gasteiger charge is -2.38. The van der Waals surface area contributed by atoms with E-state index in [0.717, 1.165) is 18.9 Å². The summed E-state index contributed by atoms with van der Waals surface area (Å²) in [5, 5.41) is 3.84. The van der Waals surface area contributed by atoms with Crippen molar-refractivity contribution in [2.45, 2.75) is 77.0 Å². The molecule has 1 saturated heterocycles. The fraction of sp³-hybridized carbons (Fsp3) is 1.00. The molecule has 0 bridgehead atoms. The molecule has 0 aromatic carbocycles. The van der Waals surface area contributed by atoms with Crippen LogP contribution in [0.5, 0.6) is 0 Å². The molecule has 94 valence electrons. The first kappa shape index (κ1) is 12.4. The van der Waals surface area contributed by atoms with Crippen LogP contribution in [0.1, 0.15) is 59.3 Å². The van der Waals surface area contributed by atoms with E-state index in [9.17, 15) is 0 Å². The van der Waals surface area contributed by atoms with Crippen molar-refractivity contribution in [2.24, 2.45) is 5.92 Å². The van der Waals surface area contributed by atoms with Crippen LogP contribution in [0.4, 0.5) is 0 Å². The van der Waals surface area contributed by atoms with Crippen molar-refractivity contribution < 1.29 is 4.74 Å². The van der Waals surface area contributed by atoms with Crippen LogP contribution < -0.4 is 5.32 Å². The molecule has 0 aromatic rings. The summed E-state index contributed by atoms with van der Waals surface area (Å²) < 4.78 is 5.76. The van der Waals surface area contributed by atoms with Gasteiger partial charge in [-0.1, -0.05) is 12.8 Å². The Hall–Kier alpha value is -0.0800. The number of nitrogens with one attached hydrogen (secondary N) is 1. The second-order valence-electron chi connectivity index (χ2n) is 6.30. The molecule has 1 N–H and O–H groups in total. The highest BCUT2D eigenvalue weighted by molar-refractivity contribution is 4.86. The van der Waals surface area contributed by atoms with E-state index in [1.54, 1.807) is 0 Å². The fourth-order valence-corrected chi connectivity index (χ4v) is 3.34. The van der Waals surface area contributed by atoms with E-state index in [4.69, 9.17) is 4.74 Å². The van der Waals surface area contributed by atoms with Crippen molar-refractivity contribution >= 4 is 0 Å². The van der Waals surface area contributed by atoms with Gasteiger partial charge >= 0.3 is 0 Å². The Kier molecular flexibility index (Phi) is 3.91. The van der Waals surface area contributed by atoms with Crippen LogP contribution in [-0.4, -0.2) is 24.3 Å². The predicted molar refractivity (Wildman–Crippen MR) is 67.6 cm³/mol. The van der Waals surface area contributed by atoms with Crippen LogP contribution in [0.25, 0.3) is 0 Å². The van der Waals surface area contributed by atoms with E-state index in [0.29, 0.717) is 12.1 Å². The van der Waals surface area contributed by atoms with Crippen LogP contribution in [0.15, 0.2) is 0 Å². The predicted octanol–water partition coefficient (Wildman–Crippen LogP) is 3.11. The molecule has 0 aromatic heterocycles. The summed E-state index contributed by atoms with van der Waals surface area (Å²) in [6.07, 6.45) is 8.08. The van der Waals surface area contributed by atoms with Gasteiger partial charge in [0.25, 0.3) is 0 Å². The van der Waals surface area contributed by atoms with Gasteiger partial charge in [0.15, 0.2) is 0 Å². The Labute approximate surface area is 100 Å². The summed E-state index contributed by atoms with van der Waals surface area (Å²) in [4.78, 5) is 0. The SMILES string of the molecule is CC(NC1CCOC(C)(C)C1)C1CCCC1. The molecule has 2 aliphatic rings. The second-order valence-corrected chi connectivity index (χ2v) is 6.30. The third kappa shape index (κ3) is 3.21. The largest absolute Gasteiger partial charge is 0.375 e. The Balaban J connectivity index is 1.79. The molecule has 1 aliphatic carbocycles. The maximum Gasteiger partial charge on any atom is 0.0641 e. The molecule has 2 unspecified atom stereocenters. The maximum atomic E-state index is 5.76. The molecule has 16 heavy (non-hydrogen) atoms. The van der Waals surface area contributed by atoms with Crippen LogP contribution in [0.3, 0.4) is 0 Å². The van der Waals surface area contributed by atoms with E-state index in [2.05, 4.69) is 26.1 Å². The minimum Gasteiger partial charge on any atom is -0.375 e. The lowest BCUT2D eigenvalue weighted by atomic mass is 9.91. The van der Waals surface area contributed by atoms with Crippen molar-refractivity contribution in [1.29, 1.82) is 0 Å². The van der Waals surface area contributed by atoms with Gasteiger partial charge < -0.3 is 10.1 Å². The average molecular weight is 225 g/mol. The van der Waals surface area contributed by atoms with E-state index in [1.165, 1.54) is 32.1 Å². The highest BCUT2D eigenvalue weighted by Gasteiger charge is 2.31. The molecular weight excluding hydrogens is 198 g/mol. The van der Waals surface area contributed by atoms with Crippen molar-refractivity contribution in [3.63, 3.8) is 0 Å². The highest BCUT2D eigenvalue weighted by Crippen LogP contribution is 2.29. The lowest BCUT2D eigenvalue weighted by molar-refractivity contribution is -0.0646. The minimum atomic E-state index is 0.0747. The Morgan fingerprint density at radius 3 is 2.50 bits per heavy atom. The number of rotatable bonds is 3. The molecule has 2 rings (SSSR count). The van der Waals surface area contributed by atoms with Gasteiger partial charge in [-0.2, -0.15) is 0 Å². The number of ether oxygens (including phenoxy) is 1. The standard InChI is InChI=1S/C14H27NO/c1-11(12-6-4-5-7-12)15-13-8-9-16-14(2,3)10-13/h11-13,15H,4-10H2,1-3H3. The third-order valence-electron chi connectivity index (χ3n) is 4.30. The zero-order valence-electron chi connectivity index (χ0n) is 11.1. The fourth-order valence-electron chi connectivity index (χ4n) is 3.34. The van der Waals surface area contributed by atoms with Gasteiger partial charge in [0.05, 0.1) is 5.60 Å². The quantitative estimate of drug-likeness (QED) is 0.797. The van der Waals surface area contributed by atoms with Crippen LogP contribution in [0.2, 0.25) is 0 Å². The summed E-state index contributed by atoms with van der Waals surface area (Å²) in [6, 6.07) is 1.36. The first-order valence-electron chi connectivity index (χ1n) is 6.97. The molecule has 1 heterocycles. The molecule has 0 amide bonds. The first-order valence-corrected chi connectivity index (χ1v) is 6.97. The highest BCUT2D eigenvalue weighted by atomic mass is 16.5. The van der Waals surface area contributed by atoms with Crippen LogP contribution >= 0.6 is 0 Å². The van der Waals surface area contributed by atoms with Gasteiger partial charge in [0, 0.05) is 18.7 Å². The van der Waals surface area contributed by atoms with Gasteiger partial charge in [0.2, 0.25) is 0 Å². The molecule has 1 saturated carbocycles. The molecule has 0 radical (unpaired) electrons. The number of hydrogen-bond acceptors (Lipinski definition) is 2. The molecule has 2 atom stereocenters. The van der Waals surface area contributed by atoms with Crippen LogP contribution in [-0.2, 0) is 4.74 Å². The van der Waals surface area contributed by atoms with Crippen molar-refractivity contribution in [2.75, 3.05) is 6.61 Å². The normalized spacial score (nSPS) is 32.8. The third-order valence-corrected chi connectivity index (χ3v) is 4.30. The Bertz CT molecular complexity index is 221. The van der Waals surface area contributed by atoms with Gasteiger partial charge in [-0.05, 0) is 52.4 Å². The van der Waals surface area contributed by atoms with Gasteiger partial charge in [0.1, 0.15) is 0 Å². The van der Waals surface area contributed by atoms with Gasteiger partial charge in [-0.15, -0.1) is 0 Å². The smallest absolute Gasteiger partial charge is 0.0641 e. The number of hydrogen-bond donors (Lipinski definition) is 1. The van der Waals surface area contributed by atoms with E-state index < -0.39 is 0 Å². The summed E-state index contributed by atoms with van der Waals surface area (Å²) in [5.41, 5.74) is 0.0747. The summed E-state index contributed by atoms with van der Waals surface area (Å²) >= 11 is 0. The molecule has 1 aliphatic heterocycles. The molecular formula is C14H27NO. The van der Waals surface area contributed by atoms with Crippen LogP contribution in [0, 0.1) is 5.92 Å². The summed E-state index contributed by atoms with van der Waals surface area (Å²) in [7, 11) is 0. The van der Waals surface area contributed by atoms with E-state index >= 15 is 0 Å². The van der Waals surface area contributed by atoms with E-state index in [1.807, 2.05) is 0 Å². The summed E-state index contributed by atoms with van der Waals surface area (Å²) in [6.45, 7) is 7.71. The Morgan fingerprint density at radius 1 is 1.19 bits per heavy atom. The molecule has 2 fully saturated rings. The zero-order chi connectivity index (χ0) is 11.6. The molecule has 2 nitrogen and oxygen atoms in total. The molecule has 2 heteroatoms. The Morgan fingerprint density at radius 2 is 1.88 bits per heavy atom. The zero-order valence-corrected chi connectivity index (χ0v) is 11.1. The van der Waals surface area contributed by atoms with Crippen molar-refractivity contribution in [3.8, 4) is 0 Å².